The SMILES string of the molecule is O=C(c1nccs1)[C@@H]1C2Cc3cnn(-c4ccc(F)cc4)c3C=C2CCN1S(=O)(=O)Cc1cccc(F)c1. The summed E-state index contributed by atoms with van der Waals surface area (Å²) in [5, 5.41) is 6.42. The fourth-order valence-electron chi connectivity index (χ4n) is 5.31. The number of carbonyl (C=O) groups is 1. The molecule has 0 saturated carbocycles. The minimum Gasteiger partial charge on any atom is -0.290 e. The van der Waals surface area contributed by atoms with Crippen LogP contribution in [0, 0.1) is 17.6 Å². The number of nitrogens with zero attached hydrogens (tertiary/aromatic N) is 4. The van der Waals surface area contributed by atoms with Crippen molar-refractivity contribution in [2.75, 3.05) is 6.54 Å². The maximum absolute atomic E-state index is 13.8. The van der Waals surface area contributed by atoms with Gasteiger partial charge in [0.2, 0.25) is 15.8 Å². The summed E-state index contributed by atoms with van der Waals surface area (Å²) in [5.41, 5.74) is 3.67. The molecule has 7 nitrogen and oxygen atoms in total. The zero-order chi connectivity index (χ0) is 26.4. The standard InChI is InChI=1S/C27H22F2N4O3S2/c28-20-4-6-22(7-5-20)33-24-14-18-8-10-32(38(35,36)16-17-2-1-3-21(29)12-17)25(23(18)13-19(24)15-31-33)26(34)27-30-9-11-37-27/h1-7,9,11-12,14-15,23,25H,8,10,13,16H2/t23?,25-/m0/s1. The van der Waals surface area contributed by atoms with Crippen LogP contribution in [0.2, 0.25) is 0 Å². The van der Waals surface area contributed by atoms with E-state index in [1.54, 1.807) is 34.5 Å². The van der Waals surface area contributed by atoms with Gasteiger partial charge in [0.05, 0.1) is 29.4 Å². The number of benzene rings is 2. The summed E-state index contributed by atoms with van der Waals surface area (Å²) in [4.78, 5) is 17.9. The predicted octanol–water partition coefficient (Wildman–Crippen LogP) is 4.65. The predicted molar refractivity (Wildman–Crippen MR) is 139 cm³/mol. The molecule has 0 N–H and O–H groups in total. The molecule has 1 saturated heterocycles. The van der Waals surface area contributed by atoms with Gasteiger partial charge in [-0.1, -0.05) is 17.7 Å². The highest BCUT2D eigenvalue weighted by molar-refractivity contribution is 7.88. The first-order chi connectivity index (χ1) is 18.3. The number of halogens is 2. The molecule has 2 aromatic carbocycles. The van der Waals surface area contributed by atoms with Crippen LogP contribution < -0.4 is 0 Å². The molecule has 0 amide bonds. The van der Waals surface area contributed by atoms with E-state index in [1.165, 1.54) is 52.2 Å². The molecule has 3 heterocycles. The van der Waals surface area contributed by atoms with Gasteiger partial charge in [0.1, 0.15) is 11.6 Å². The number of ketones is 1. The Balaban J connectivity index is 1.38. The number of Topliss-reactive ketones (excluding diaryl/α,β-unsaturated/α-hetero) is 1. The first-order valence-corrected chi connectivity index (χ1v) is 14.5. The summed E-state index contributed by atoms with van der Waals surface area (Å²) in [5.74, 6) is -2.03. The zero-order valence-electron chi connectivity index (χ0n) is 20.0. The number of carbonyl (C=O) groups excluding carboxylic acids is 1. The van der Waals surface area contributed by atoms with Crippen LogP contribution >= 0.6 is 11.3 Å². The van der Waals surface area contributed by atoms with Gasteiger partial charge in [-0.3, -0.25) is 4.79 Å². The van der Waals surface area contributed by atoms with Crippen LogP contribution in [0.25, 0.3) is 11.8 Å². The van der Waals surface area contributed by atoms with Crippen LogP contribution in [0.5, 0.6) is 0 Å². The number of thiazole rings is 1. The highest BCUT2D eigenvalue weighted by Gasteiger charge is 2.47. The van der Waals surface area contributed by atoms with Gasteiger partial charge >= 0.3 is 0 Å². The second-order valence-corrected chi connectivity index (χ2v) is 12.2. The van der Waals surface area contributed by atoms with Crippen molar-refractivity contribution in [1.29, 1.82) is 0 Å². The molecule has 0 radical (unpaired) electrons. The van der Waals surface area contributed by atoms with Crippen LogP contribution in [0.3, 0.4) is 0 Å². The van der Waals surface area contributed by atoms with Crippen molar-refractivity contribution in [3.05, 3.63) is 105 Å². The molecule has 1 aliphatic carbocycles. The lowest BCUT2D eigenvalue weighted by molar-refractivity contribution is 0.0826. The molecule has 2 aliphatic rings. The Morgan fingerprint density at radius 1 is 1.11 bits per heavy atom. The van der Waals surface area contributed by atoms with Crippen LogP contribution in [-0.2, 0) is 22.2 Å². The van der Waals surface area contributed by atoms with Crippen molar-refractivity contribution < 1.29 is 22.0 Å². The molecule has 11 heteroatoms. The summed E-state index contributed by atoms with van der Waals surface area (Å²) < 4.78 is 57.6. The molecule has 2 atom stereocenters. The average Bonchev–Trinajstić information content (AvgIpc) is 3.57. The maximum Gasteiger partial charge on any atom is 0.218 e. The zero-order valence-corrected chi connectivity index (χ0v) is 21.6. The van der Waals surface area contributed by atoms with E-state index in [1.807, 2.05) is 6.08 Å². The molecule has 0 bridgehead atoms. The molecular formula is C27H22F2N4O3S2. The molecule has 1 unspecified atom stereocenters. The average molecular weight is 553 g/mol. The third-order valence-electron chi connectivity index (χ3n) is 7.02. The summed E-state index contributed by atoms with van der Waals surface area (Å²) in [7, 11) is -3.97. The fraction of sp³-hybridized carbons (Fsp3) is 0.222. The van der Waals surface area contributed by atoms with Crippen LogP contribution in [0.4, 0.5) is 8.78 Å². The summed E-state index contributed by atoms with van der Waals surface area (Å²) in [6, 6.07) is 10.5. The Hall–Kier alpha value is -3.54. The van der Waals surface area contributed by atoms with Gasteiger partial charge in [0.25, 0.3) is 0 Å². The van der Waals surface area contributed by atoms with Crippen molar-refractivity contribution in [3.8, 4) is 5.69 Å². The largest absolute Gasteiger partial charge is 0.290 e. The number of rotatable bonds is 6. The van der Waals surface area contributed by atoms with Gasteiger partial charge in [-0.25, -0.2) is 26.9 Å². The van der Waals surface area contributed by atoms with Crippen LogP contribution in [0.1, 0.15) is 33.0 Å². The Bertz CT molecular complexity index is 1650. The minimum atomic E-state index is -3.97. The summed E-state index contributed by atoms with van der Waals surface area (Å²) in [6.45, 7) is 0.113. The highest BCUT2D eigenvalue weighted by atomic mass is 32.2. The van der Waals surface area contributed by atoms with Crippen molar-refractivity contribution in [2.24, 2.45) is 5.92 Å². The molecule has 38 heavy (non-hydrogen) atoms. The van der Waals surface area contributed by atoms with E-state index >= 15 is 0 Å². The first kappa shape index (κ1) is 24.8. The lowest BCUT2D eigenvalue weighted by Crippen LogP contribution is -2.54. The Morgan fingerprint density at radius 3 is 2.66 bits per heavy atom. The van der Waals surface area contributed by atoms with E-state index in [4.69, 9.17) is 0 Å². The molecule has 2 aromatic heterocycles. The van der Waals surface area contributed by atoms with Gasteiger partial charge in [-0.15, -0.1) is 11.3 Å². The Kier molecular flexibility index (Phi) is 6.29. The lowest BCUT2D eigenvalue weighted by atomic mass is 9.76. The van der Waals surface area contributed by atoms with E-state index in [9.17, 15) is 22.0 Å². The first-order valence-electron chi connectivity index (χ1n) is 12.0. The van der Waals surface area contributed by atoms with E-state index in [0.717, 1.165) is 16.8 Å². The smallest absolute Gasteiger partial charge is 0.218 e. The molecule has 194 valence electrons. The quantitative estimate of drug-likeness (QED) is 0.325. The van der Waals surface area contributed by atoms with Crippen molar-refractivity contribution in [1.82, 2.24) is 19.1 Å². The van der Waals surface area contributed by atoms with E-state index in [-0.39, 0.29) is 23.2 Å². The fourth-order valence-corrected chi connectivity index (χ4v) is 7.64. The Morgan fingerprint density at radius 2 is 1.92 bits per heavy atom. The van der Waals surface area contributed by atoms with E-state index in [0.29, 0.717) is 24.1 Å². The van der Waals surface area contributed by atoms with Gasteiger partial charge in [-0.05, 0) is 66.4 Å². The minimum absolute atomic E-state index is 0.113. The second kappa shape index (κ2) is 9.64. The molecule has 6 rings (SSSR count). The van der Waals surface area contributed by atoms with Crippen molar-refractivity contribution in [2.45, 2.75) is 24.6 Å². The third kappa shape index (κ3) is 4.50. The normalized spacial score (nSPS) is 19.5. The van der Waals surface area contributed by atoms with Gasteiger partial charge in [-0.2, -0.15) is 9.40 Å². The number of fused-ring (bicyclic) bond motifs is 2. The van der Waals surface area contributed by atoms with Gasteiger partial charge in [0.15, 0.2) is 5.01 Å². The highest BCUT2D eigenvalue weighted by Crippen LogP contribution is 2.41. The molecule has 4 aromatic rings. The number of hydrogen-bond acceptors (Lipinski definition) is 6. The summed E-state index contributed by atoms with van der Waals surface area (Å²) >= 11 is 1.17. The van der Waals surface area contributed by atoms with E-state index in [2.05, 4.69) is 10.1 Å². The van der Waals surface area contributed by atoms with E-state index < -0.39 is 33.6 Å². The number of sulfonamides is 1. The maximum atomic E-state index is 13.8. The van der Waals surface area contributed by atoms with Gasteiger partial charge in [0, 0.05) is 24.0 Å². The second-order valence-electron chi connectivity index (χ2n) is 9.37. The molecular weight excluding hydrogens is 530 g/mol. The lowest BCUT2D eigenvalue weighted by Gasteiger charge is -2.42. The van der Waals surface area contributed by atoms with Crippen molar-refractivity contribution in [3.63, 3.8) is 0 Å². The number of piperidine rings is 1. The molecule has 1 fully saturated rings. The Labute approximate surface area is 222 Å². The van der Waals surface area contributed by atoms with Crippen molar-refractivity contribution >= 4 is 33.2 Å². The number of aromatic nitrogens is 3. The van der Waals surface area contributed by atoms with Gasteiger partial charge < -0.3 is 0 Å². The van der Waals surface area contributed by atoms with Crippen LogP contribution in [-0.4, -0.2) is 45.9 Å². The van der Waals surface area contributed by atoms with Crippen LogP contribution in [0.15, 0.2) is 71.9 Å². The topological polar surface area (TPSA) is 85.2 Å². The molecule has 0 spiro atoms. The number of hydrogen-bond donors (Lipinski definition) is 0. The summed E-state index contributed by atoms with van der Waals surface area (Å²) in [6.07, 6.45) is 6.04. The monoisotopic (exact) mass is 552 g/mol. The third-order valence-corrected chi connectivity index (χ3v) is 9.63. The molecule has 1 aliphatic heterocycles.